The van der Waals surface area contributed by atoms with Gasteiger partial charge >= 0.3 is 0 Å². The molecular formula is C20H29N3O2. The molecule has 1 aromatic carbocycles. The van der Waals surface area contributed by atoms with Gasteiger partial charge in [-0.3, -0.25) is 4.79 Å². The summed E-state index contributed by atoms with van der Waals surface area (Å²) in [6.45, 7) is 2.89. The Bertz CT molecular complexity index is 621. The van der Waals surface area contributed by atoms with Crippen LogP contribution in [0.4, 0.5) is 5.69 Å². The zero-order chi connectivity index (χ0) is 17.3. The van der Waals surface area contributed by atoms with Gasteiger partial charge in [0.15, 0.2) is 0 Å². The number of hydrogen-bond donors (Lipinski definition) is 2. The fourth-order valence-corrected chi connectivity index (χ4v) is 4.79. The SMILES string of the molecule is COc1ccccc1N1CCC(NC2CNC(=O)CC23CCC3)CC1. The highest BCUT2D eigenvalue weighted by Gasteiger charge is 2.48. The predicted octanol–water partition coefficient (Wildman–Crippen LogP) is 2.31. The van der Waals surface area contributed by atoms with E-state index < -0.39 is 0 Å². The van der Waals surface area contributed by atoms with Crippen molar-refractivity contribution in [2.75, 3.05) is 31.6 Å². The second-order valence-electron chi connectivity index (χ2n) is 7.85. The number of carbonyl (C=O) groups is 1. The monoisotopic (exact) mass is 343 g/mol. The fraction of sp³-hybridized carbons (Fsp3) is 0.650. The van der Waals surface area contributed by atoms with Gasteiger partial charge < -0.3 is 20.3 Å². The molecule has 4 rings (SSSR count). The summed E-state index contributed by atoms with van der Waals surface area (Å²) in [5.74, 6) is 1.20. The Hall–Kier alpha value is -1.75. The molecule has 1 aliphatic carbocycles. The van der Waals surface area contributed by atoms with E-state index in [1.54, 1.807) is 7.11 Å². The Morgan fingerprint density at radius 2 is 2.00 bits per heavy atom. The van der Waals surface area contributed by atoms with E-state index in [0.29, 0.717) is 18.5 Å². The summed E-state index contributed by atoms with van der Waals surface area (Å²) in [6, 6.07) is 9.27. The highest BCUT2D eigenvalue weighted by atomic mass is 16.5. The number of nitrogens with one attached hydrogen (secondary N) is 2. The molecule has 3 fully saturated rings. The fourth-order valence-electron chi connectivity index (χ4n) is 4.79. The van der Waals surface area contributed by atoms with E-state index in [0.717, 1.165) is 38.2 Å². The van der Waals surface area contributed by atoms with Gasteiger partial charge in [0, 0.05) is 38.1 Å². The first-order chi connectivity index (χ1) is 12.2. The second-order valence-corrected chi connectivity index (χ2v) is 7.85. The molecule has 3 aliphatic rings. The van der Waals surface area contributed by atoms with Crippen molar-refractivity contribution in [2.24, 2.45) is 5.41 Å². The summed E-state index contributed by atoms with van der Waals surface area (Å²) in [6.07, 6.45) is 6.68. The van der Waals surface area contributed by atoms with E-state index >= 15 is 0 Å². The smallest absolute Gasteiger partial charge is 0.220 e. The number of amides is 1. The molecule has 2 saturated heterocycles. The number of ether oxygens (including phenoxy) is 1. The summed E-state index contributed by atoms with van der Waals surface area (Å²) in [7, 11) is 1.74. The van der Waals surface area contributed by atoms with Gasteiger partial charge in [-0.05, 0) is 43.2 Å². The Kier molecular flexibility index (Phi) is 4.59. The third kappa shape index (κ3) is 3.22. The van der Waals surface area contributed by atoms with Gasteiger partial charge in [0.05, 0.1) is 12.8 Å². The molecule has 0 bridgehead atoms. The Labute approximate surface area is 150 Å². The lowest BCUT2D eigenvalue weighted by molar-refractivity contribution is -0.130. The van der Waals surface area contributed by atoms with Gasteiger partial charge in [-0.25, -0.2) is 0 Å². The lowest BCUT2D eigenvalue weighted by Crippen LogP contribution is -2.63. The topological polar surface area (TPSA) is 53.6 Å². The Morgan fingerprint density at radius 1 is 1.24 bits per heavy atom. The minimum Gasteiger partial charge on any atom is -0.495 e. The van der Waals surface area contributed by atoms with Crippen LogP contribution < -0.4 is 20.3 Å². The predicted molar refractivity (Wildman–Crippen MR) is 99.1 cm³/mol. The molecule has 0 aromatic heterocycles. The molecule has 1 amide bonds. The summed E-state index contributed by atoms with van der Waals surface area (Å²) >= 11 is 0. The van der Waals surface area contributed by atoms with Gasteiger partial charge in [-0.2, -0.15) is 0 Å². The molecule has 5 nitrogen and oxygen atoms in total. The zero-order valence-electron chi connectivity index (χ0n) is 15.1. The van der Waals surface area contributed by atoms with E-state index in [2.05, 4.69) is 27.7 Å². The van der Waals surface area contributed by atoms with Crippen molar-refractivity contribution in [3.63, 3.8) is 0 Å². The van der Waals surface area contributed by atoms with E-state index in [9.17, 15) is 4.79 Å². The summed E-state index contributed by atoms with van der Waals surface area (Å²) in [5.41, 5.74) is 1.44. The third-order valence-electron chi connectivity index (χ3n) is 6.46. The first-order valence-corrected chi connectivity index (χ1v) is 9.61. The second kappa shape index (κ2) is 6.87. The lowest BCUT2D eigenvalue weighted by atomic mass is 9.60. The maximum atomic E-state index is 11.8. The molecule has 2 N–H and O–H groups in total. The normalized spacial score (nSPS) is 26.2. The van der Waals surface area contributed by atoms with Crippen molar-refractivity contribution >= 4 is 11.6 Å². The molecule has 25 heavy (non-hydrogen) atoms. The van der Waals surface area contributed by atoms with Crippen LogP contribution in [0, 0.1) is 5.41 Å². The van der Waals surface area contributed by atoms with Crippen LogP contribution in [0.1, 0.15) is 38.5 Å². The number of para-hydroxylation sites is 2. The number of rotatable bonds is 4. The largest absolute Gasteiger partial charge is 0.495 e. The van der Waals surface area contributed by atoms with Crippen LogP contribution in [0.25, 0.3) is 0 Å². The number of benzene rings is 1. The molecule has 2 aliphatic heterocycles. The van der Waals surface area contributed by atoms with Crippen molar-refractivity contribution in [1.29, 1.82) is 0 Å². The van der Waals surface area contributed by atoms with Crippen LogP contribution >= 0.6 is 0 Å². The third-order valence-corrected chi connectivity index (χ3v) is 6.46. The maximum absolute atomic E-state index is 11.8. The van der Waals surface area contributed by atoms with Crippen LogP contribution in [-0.4, -0.2) is 44.7 Å². The Morgan fingerprint density at radius 3 is 2.68 bits per heavy atom. The van der Waals surface area contributed by atoms with E-state index in [-0.39, 0.29) is 11.3 Å². The molecular weight excluding hydrogens is 314 g/mol. The first kappa shape index (κ1) is 16.7. The molecule has 5 heteroatoms. The van der Waals surface area contributed by atoms with Crippen molar-refractivity contribution in [3.05, 3.63) is 24.3 Å². The number of methoxy groups -OCH3 is 1. The van der Waals surface area contributed by atoms with Gasteiger partial charge in [0.25, 0.3) is 0 Å². The molecule has 136 valence electrons. The first-order valence-electron chi connectivity index (χ1n) is 9.61. The lowest BCUT2D eigenvalue weighted by Gasteiger charge is -2.52. The van der Waals surface area contributed by atoms with Gasteiger partial charge in [0.2, 0.25) is 5.91 Å². The Balaban J connectivity index is 1.35. The highest BCUT2D eigenvalue weighted by molar-refractivity contribution is 5.78. The molecule has 0 radical (unpaired) electrons. The van der Waals surface area contributed by atoms with Gasteiger partial charge in [-0.15, -0.1) is 0 Å². The van der Waals surface area contributed by atoms with Crippen molar-refractivity contribution in [2.45, 2.75) is 50.6 Å². The van der Waals surface area contributed by atoms with E-state index in [1.807, 2.05) is 12.1 Å². The molecule has 1 unspecified atom stereocenters. The van der Waals surface area contributed by atoms with Crippen LogP contribution in [0.3, 0.4) is 0 Å². The number of carbonyl (C=O) groups excluding carboxylic acids is 1. The van der Waals surface area contributed by atoms with Crippen LogP contribution in [-0.2, 0) is 4.79 Å². The summed E-state index contributed by atoms with van der Waals surface area (Å²) in [5, 5.41) is 6.97. The van der Waals surface area contributed by atoms with Crippen molar-refractivity contribution < 1.29 is 9.53 Å². The number of piperidine rings is 2. The summed E-state index contributed by atoms with van der Waals surface area (Å²) < 4.78 is 5.51. The van der Waals surface area contributed by atoms with Crippen molar-refractivity contribution in [3.8, 4) is 5.75 Å². The van der Waals surface area contributed by atoms with Gasteiger partial charge in [-0.1, -0.05) is 18.6 Å². The standard InChI is InChI=1S/C20H29N3O2/c1-25-17-6-3-2-5-16(17)23-11-7-15(8-12-23)22-18-14-21-19(24)13-20(18)9-4-10-20/h2-3,5-6,15,18,22H,4,7-14H2,1H3,(H,21,24). The molecule has 1 spiro atoms. The van der Waals surface area contributed by atoms with Crippen LogP contribution in [0.2, 0.25) is 0 Å². The van der Waals surface area contributed by atoms with Crippen molar-refractivity contribution in [1.82, 2.24) is 10.6 Å². The minimum absolute atomic E-state index is 0.238. The average Bonchev–Trinajstić information content (AvgIpc) is 2.62. The molecule has 1 atom stereocenters. The highest BCUT2D eigenvalue weighted by Crippen LogP contribution is 2.48. The minimum atomic E-state index is 0.238. The molecule has 2 heterocycles. The summed E-state index contributed by atoms with van der Waals surface area (Å²) in [4.78, 5) is 14.2. The number of hydrogen-bond acceptors (Lipinski definition) is 4. The van der Waals surface area contributed by atoms with Crippen LogP contribution in [0.15, 0.2) is 24.3 Å². The van der Waals surface area contributed by atoms with E-state index in [1.165, 1.54) is 24.9 Å². The maximum Gasteiger partial charge on any atom is 0.220 e. The zero-order valence-corrected chi connectivity index (χ0v) is 15.1. The number of nitrogens with zero attached hydrogens (tertiary/aromatic N) is 1. The van der Waals surface area contributed by atoms with Gasteiger partial charge in [0.1, 0.15) is 5.75 Å². The number of anilines is 1. The van der Waals surface area contributed by atoms with E-state index in [4.69, 9.17) is 4.74 Å². The van der Waals surface area contributed by atoms with Crippen LogP contribution in [0.5, 0.6) is 5.75 Å². The molecule has 1 saturated carbocycles. The molecule has 1 aromatic rings. The quantitative estimate of drug-likeness (QED) is 0.881. The average molecular weight is 343 g/mol.